The Labute approximate surface area is 168 Å². The second kappa shape index (κ2) is 20.1. The van der Waals surface area contributed by atoms with E-state index in [1.54, 1.807) is 7.11 Å². The second-order valence-electron chi connectivity index (χ2n) is 6.34. The van der Waals surface area contributed by atoms with Gasteiger partial charge in [0, 0.05) is 33.3 Å². The molecular weight excluding hydrogens is 368 g/mol. The highest BCUT2D eigenvalue weighted by molar-refractivity contribution is 5.74. The average molecular weight is 407 g/mol. The van der Waals surface area contributed by atoms with E-state index in [9.17, 15) is 9.59 Å². The van der Waals surface area contributed by atoms with Crippen LogP contribution in [0.15, 0.2) is 0 Å². The van der Waals surface area contributed by atoms with Crippen molar-refractivity contribution in [2.45, 2.75) is 45.6 Å². The lowest BCUT2D eigenvalue weighted by Crippen LogP contribution is -2.38. The zero-order valence-electron chi connectivity index (χ0n) is 17.5. The molecule has 0 fully saturated rings. The molecule has 28 heavy (non-hydrogen) atoms. The van der Waals surface area contributed by atoms with Crippen LogP contribution in [-0.2, 0) is 18.9 Å². The second-order valence-corrected chi connectivity index (χ2v) is 6.34. The highest BCUT2D eigenvalue weighted by Gasteiger charge is 2.00. The predicted octanol–water partition coefficient (Wildman–Crippen LogP) is 1.16. The Morgan fingerprint density at radius 2 is 1.18 bits per heavy atom. The van der Waals surface area contributed by atoms with Gasteiger partial charge in [-0.2, -0.15) is 0 Å². The van der Waals surface area contributed by atoms with Gasteiger partial charge in [0.05, 0.1) is 19.3 Å². The van der Waals surface area contributed by atoms with Crippen LogP contribution in [0, 0.1) is 0 Å². The Morgan fingerprint density at radius 1 is 0.714 bits per heavy atom. The third-order valence-corrected chi connectivity index (χ3v) is 3.42. The van der Waals surface area contributed by atoms with Gasteiger partial charge in [-0.15, -0.1) is 0 Å². The molecule has 0 spiro atoms. The smallest absolute Gasteiger partial charge is 0.314 e. The maximum Gasteiger partial charge on any atom is 0.314 e. The third kappa shape index (κ3) is 20.7. The van der Waals surface area contributed by atoms with Crippen molar-refractivity contribution in [2.75, 3.05) is 60.1 Å². The molecule has 0 aromatic rings. The number of carbonyl (C=O) groups excluding carboxylic acids is 2. The van der Waals surface area contributed by atoms with Crippen LogP contribution < -0.4 is 21.3 Å². The molecule has 0 bridgehead atoms. The van der Waals surface area contributed by atoms with E-state index in [1.165, 1.54) is 0 Å². The Morgan fingerprint density at radius 3 is 1.64 bits per heavy atom. The Balaban J connectivity index is 3.27. The van der Waals surface area contributed by atoms with Gasteiger partial charge in [0.25, 0.3) is 0 Å². The van der Waals surface area contributed by atoms with Crippen molar-refractivity contribution in [3.8, 4) is 0 Å². The molecular formula is C18H38N4O6. The molecule has 10 nitrogen and oxygen atoms in total. The fraction of sp³-hybridized carbons (Fsp3) is 0.889. The Hall–Kier alpha value is -1.62. The van der Waals surface area contributed by atoms with Crippen molar-refractivity contribution < 1.29 is 28.5 Å². The standard InChI is InChI=1S/C18H38N4O6/c1-16(2)28-15-27-13-11-22-18(24)20-9-7-5-4-6-8-19-17(23)21-10-12-26-14-25-3/h16H,4-15H2,1-3H3,(H2,19,21,23)(H2,20,22,24). The van der Waals surface area contributed by atoms with Crippen LogP contribution in [0.4, 0.5) is 9.59 Å². The molecule has 0 unspecified atom stereocenters. The lowest BCUT2D eigenvalue weighted by atomic mass is 10.2. The Kier molecular flexibility index (Phi) is 19.0. The van der Waals surface area contributed by atoms with E-state index in [2.05, 4.69) is 21.3 Å². The number of rotatable bonds is 18. The summed E-state index contributed by atoms with van der Waals surface area (Å²) in [5.74, 6) is 0. The summed E-state index contributed by atoms with van der Waals surface area (Å²) in [6.45, 7) is 7.30. The van der Waals surface area contributed by atoms with Crippen molar-refractivity contribution in [2.24, 2.45) is 0 Å². The quantitative estimate of drug-likeness (QED) is 0.200. The third-order valence-electron chi connectivity index (χ3n) is 3.42. The number of hydrogen-bond acceptors (Lipinski definition) is 6. The van der Waals surface area contributed by atoms with Gasteiger partial charge in [0.2, 0.25) is 0 Å². The van der Waals surface area contributed by atoms with Gasteiger partial charge in [0.1, 0.15) is 13.6 Å². The minimum atomic E-state index is -0.195. The molecule has 0 aromatic carbocycles. The van der Waals surface area contributed by atoms with Gasteiger partial charge in [-0.25, -0.2) is 9.59 Å². The number of hydrogen-bond donors (Lipinski definition) is 4. The van der Waals surface area contributed by atoms with Crippen molar-refractivity contribution >= 4 is 12.1 Å². The molecule has 0 aliphatic heterocycles. The van der Waals surface area contributed by atoms with E-state index in [1.807, 2.05) is 13.8 Å². The number of carbonyl (C=O) groups is 2. The Bertz CT molecular complexity index is 385. The monoisotopic (exact) mass is 406 g/mol. The number of amides is 4. The van der Waals surface area contributed by atoms with E-state index >= 15 is 0 Å². The van der Waals surface area contributed by atoms with Crippen molar-refractivity contribution in [1.29, 1.82) is 0 Å². The van der Waals surface area contributed by atoms with Gasteiger partial charge in [-0.1, -0.05) is 12.8 Å². The summed E-state index contributed by atoms with van der Waals surface area (Å²) in [5.41, 5.74) is 0. The van der Waals surface area contributed by atoms with Crippen LogP contribution in [0.1, 0.15) is 39.5 Å². The van der Waals surface area contributed by atoms with Crippen molar-refractivity contribution in [3.05, 3.63) is 0 Å². The molecule has 4 N–H and O–H groups in total. The maximum atomic E-state index is 11.6. The average Bonchev–Trinajstić information content (AvgIpc) is 2.66. The molecule has 0 aliphatic rings. The lowest BCUT2D eigenvalue weighted by molar-refractivity contribution is -0.0768. The number of ether oxygens (including phenoxy) is 4. The molecule has 0 heterocycles. The molecule has 0 saturated carbocycles. The summed E-state index contributed by atoms with van der Waals surface area (Å²) >= 11 is 0. The molecule has 0 radical (unpaired) electrons. The zero-order chi connectivity index (χ0) is 20.9. The van der Waals surface area contributed by atoms with Crippen molar-refractivity contribution in [1.82, 2.24) is 21.3 Å². The number of methoxy groups -OCH3 is 1. The summed E-state index contributed by atoms with van der Waals surface area (Å²) in [7, 11) is 1.55. The fourth-order valence-corrected chi connectivity index (χ4v) is 1.99. The topological polar surface area (TPSA) is 119 Å². The largest absolute Gasteiger partial charge is 0.359 e. The van der Waals surface area contributed by atoms with Gasteiger partial charge < -0.3 is 40.2 Å². The van der Waals surface area contributed by atoms with Crippen LogP contribution in [0.25, 0.3) is 0 Å². The van der Waals surface area contributed by atoms with Crippen LogP contribution >= 0.6 is 0 Å². The van der Waals surface area contributed by atoms with E-state index in [0.717, 1.165) is 25.7 Å². The summed E-state index contributed by atoms with van der Waals surface area (Å²) in [5, 5.41) is 11.0. The van der Waals surface area contributed by atoms with Crippen LogP contribution in [-0.4, -0.2) is 78.3 Å². The fourth-order valence-electron chi connectivity index (χ4n) is 1.99. The molecule has 10 heteroatoms. The van der Waals surface area contributed by atoms with Crippen LogP contribution in [0.5, 0.6) is 0 Å². The first-order valence-electron chi connectivity index (χ1n) is 9.85. The number of nitrogens with one attached hydrogen (secondary N) is 4. The van der Waals surface area contributed by atoms with Gasteiger partial charge in [0.15, 0.2) is 0 Å². The van der Waals surface area contributed by atoms with Gasteiger partial charge in [-0.05, 0) is 26.7 Å². The summed E-state index contributed by atoms with van der Waals surface area (Å²) in [6, 6.07) is -0.389. The van der Waals surface area contributed by atoms with Gasteiger partial charge >= 0.3 is 12.1 Å². The normalized spacial score (nSPS) is 10.7. The summed E-state index contributed by atoms with van der Waals surface area (Å²) in [4.78, 5) is 23.0. The predicted molar refractivity (Wildman–Crippen MR) is 106 cm³/mol. The van der Waals surface area contributed by atoms with E-state index in [4.69, 9.17) is 18.9 Å². The molecule has 4 amide bonds. The molecule has 166 valence electrons. The minimum absolute atomic E-state index is 0.135. The first kappa shape index (κ1) is 26.4. The molecule has 0 aliphatic carbocycles. The maximum absolute atomic E-state index is 11.6. The van der Waals surface area contributed by atoms with E-state index < -0.39 is 0 Å². The zero-order valence-corrected chi connectivity index (χ0v) is 17.5. The molecule has 0 atom stereocenters. The highest BCUT2D eigenvalue weighted by Crippen LogP contribution is 1.97. The molecule has 0 saturated heterocycles. The number of urea groups is 2. The minimum Gasteiger partial charge on any atom is -0.359 e. The van der Waals surface area contributed by atoms with E-state index in [0.29, 0.717) is 39.4 Å². The lowest BCUT2D eigenvalue weighted by Gasteiger charge is -2.10. The SMILES string of the molecule is COCOCCNC(=O)NCCCCCCNC(=O)NCCOCOC(C)C. The van der Waals surface area contributed by atoms with Crippen LogP contribution in [0.2, 0.25) is 0 Å². The highest BCUT2D eigenvalue weighted by atomic mass is 16.7. The van der Waals surface area contributed by atoms with Crippen molar-refractivity contribution in [3.63, 3.8) is 0 Å². The first-order chi connectivity index (χ1) is 13.6. The molecule has 0 aromatic heterocycles. The summed E-state index contributed by atoms with van der Waals surface area (Å²) < 4.78 is 20.2. The van der Waals surface area contributed by atoms with Gasteiger partial charge in [-0.3, -0.25) is 0 Å². The van der Waals surface area contributed by atoms with Crippen LogP contribution in [0.3, 0.4) is 0 Å². The summed E-state index contributed by atoms with van der Waals surface area (Å²) in [6.07, 6.45) is 3.91. The number of unbranched alkanes of at least 4 members (excludes halogenated alkanes) is 3. The van der Waals surface area contributed by atoms with E-state index in [-0.39, 0.29) is 31.8 Å². The molecule has 0 rings (SSSR count). The first-order valence-corrected chi connectivity index (χ1v) is 9.85.